The third-order valence-electron chi connectivity index (χ3n) is 2.05. The number of hydrogen-bond donors (Lipinski definition) is 0. The van der Waals surface area contributed by atoms with Gasteiger partial charge in [-0.25, -0.2) is 0 Å². The van der Waals surface area contributed by atoms with E-state index < -0.39 is 22.7 Å². The van der Waals surface area contributed by atoms with Gasteiger partial charge in [0.25, 0.3) is 0 Å². The molecule has 1 aromatic rings. The molecule has 8 heteroatoms. The summed E-state index contributed by atoms with van der Waals surface area (Å²) in [5.74, 6) is -0.452. The predicted molar refractivity (Wildman–Crippen MR) is 58.8 cm³/mol. The first kappa shape index (κ1) is 14.6. The number of nitrogens with zero attached hydrogens (tertiary/aromatic N) is 1. The molecule has 18 heavy (non-hydrogen) atoms. The molecule has 0 bridgehead atoms. The van der Waals surface area contributed by atoms with Crippen molar-refractivity contribution in [3.8, 4) is 5.75 Å². The molecule has 0 aromatic heterocycles. The normalized spacial score (nSPS) is 11.3. The number of aryl methyl sites for hydroxylation is 1. The molecule has 0 aliphatic heterocycles. The molecule has 0 fully saturated rings. The van der Waals surface area contributed by atoms with Crippen LogP contribution in [0.25, 0.3) is 0 Å². The number of nitro groups is 1. The van der Waals surface area contributed by atoms with Gasteiger partial charge in [0.1, 0.15) is 0 Å². The maximum Gasteiger partial charge on any atom is 0.573 e. The van der Waals surface area contributed by atoms with Gasteiger partial charge in [0.05, 0.1) is 4.92 Å². The summed E-state index contributed by atoms with van der Waals surface area (Å²) in [6.45, 7) is 0. The Labute approximate surface area is 105 Å². The molecule has 0 aliphatic carbocycles. The molecule has 0 saturated heterocycles. The van der Waals surface area contributed by atoms with Crippen LogP contribution in [-0.4, -0.2) is 17.2 Å². The highest BCUT2D eigenvalue weighted by Crippen LogP contribution is 2.33. The minimum atomic E-state index is -4.96. The molecule has 0 atom stereocenters. The van der Waals surface area contributed by atoms with E-state index in [1.165, 1.54) is 6.07 Å². The van der Waals surface area contributed by atoms with E-state index >= 15 is 0 Å². The van der Waals surface area contributed by atoms with Gasteiger partial charge in [-0.2, -0.15) is 0 Å². The van der Waals surface area contributed by atoms with Crippen LogP contribution in [0.3, 0.4) is 0 Å². The lowest BCUT2D eigenvalue weighted by Crippen LogP contribution is -2.18. The Morgan fingerprint density at radius 2 is 2.06 bits per heavy atom. The molecule has 1 rings (SSSR count). The summed E-state index contributed by atoms with van der Waals surface area (Å²) in [6, 6.07) is 3.39. The molecule has 0 saturated carbocycles. The standard InChI is InChI=1S/C10H9ClF3NO3/c11-5-1-2-7-3-4-8(15(16)17)9(6-7)18-10(12,13)14/h3-4,6H,1-2,5H2. The van der Waals surface area contributed by atoms with Gasteiger partial charge in [-0.05, 0) is 24.5 Å². The third kappa shape index (κ3) is 4.40. The van der Waals surface area contributed by atoms with Crippen molar-refractivity contribution >= 4 is 17.3 Å². The van der Waals surface area contributed by atoms with Crippen LogP contribution in [0.5, 0.6) is 5.75 Å². The van der Waals surface area contributed by atoms with E-state index in [9.17, 15) is 23.3 Å². The Kier molecular flexibility index (Phi) is 4.77. The summed E-state index contributed by atoms with van der Waals surface area (Å²) in [5, 5.41) is 10.6. The highest BCUT2D eigenvalue weighted by molar-refractivity contribution is 6.17. The van der Waals surface area contributed by atoms with Gasteiger partial charge in [-0.15, -0.1) is 24.8 Å². The quantitative estimate of drug-likeness (QED) is 0.471. The average Bonchev–Trinajstić information content (AvgIpc) is 2.23. The smallest absolute Gasteiger partial charge is 0.398 e. The molecule has 0 heterocycles. The second-order valence-corrected chi connectivity index (χ2v) is 3.78. The number of alkyl halides is 4. The molecular formula is C10H9ClF3NO3. The number of ether oxygens (including phenoxy) is 1. The zero-order valence-corrected chi connectivity index (χ0v) is 9.79. The fourth-order valence-electron chi connectivity index (χ4n) is 1.34. The van der Waals surface area contributed by atoms with E-state index in [-0.39, 0.29) is 0 Å². The van der Waals surface area contributed by atoms with Crippen LogP contribution in [0.2, 0.25) is 0 Å². The molecular weight excluding hydrogens is 275 g/mol. The Hall–Kier alpha value is -1.50. The molecule has 4 nitrogen and oxygen atoms in total. The lowest BCUT2D eigenvalue weighted by molar-refractivity contribution is -0.388. The second-order valence-electron chi connectivity index (χ2n) is 3.40. The van der Waals surface area contributed by atoms with Crippen molar-refractivity contribution in [2.75, 3.05) is 5.88 Å². The van der Waals surface area contributed by atoms with Crippen LogP contribution in [-0.2, 0) is 6.42 Å². The summed E-state index contributed by atoms with van der Waals surface area (Å²) < 4.78 is 39.9. The van der Waals surface area contributed by atoms with E-state index in [1.54, 1.807) is 0 Å². The molecule has 100 valence electrons. The van der Waals surface area contributed by atoms with E-state index in [1.807, 2.05) is 0 Å². The van der Waals surface area contributed by atoms with Crippen molar-refractivity contribution in [1.29, 1.82) is 0 Å². The van der Waals surface area contributed by atoms with Crippen LogP contribution < -0.4 is 4.74 Å². The summed E-state index contributed by atoms with van der Waals surface area (Å²) >= 11 is 5.46. The average molecular weight is 284 g/mol. The monoisotopic (exact) mass is 283 g/mol. The van der Waals surface area contributed by atoms with Crippen molar-refractivity contribution in [2.45, 2.75) is 19.2 Å². The van der Waals surface area contributed by atoms with Gasteiger partial charge in [0.2, 0.25) is 5.75 Å². The highest BCUT2D eigenvalue weighted by atomic mass is 35.5. The minimum Gasteiger partial charge on any atom is -0.398 e. The first-order valence-corrected chi connectivity index (χ1v) is 5.46. The van der Waals surface area contributed by atoms with Gasteiger partial charge in [0.15, 0.2) is 0 Å². The lowest BCUT2D eigenvalue weighted by Gasteiger charge is -2.10. The van der Waals surface area contributed by atoms with Gasteiger partial charge in [-0.3, -0.25) is 10.1 Å². The fourth-order valence-corrected chi connectivity index (χ4v) is 1.48. The topological polar surface area (TPSA) is 52.4 Å². The molecule has 0 unspecified atom stereocenters. The second kappa shape index (κ2) is 5.90. The maximum atomic E-state index is 12.1. The van der Waals surface area contributed by atoms with Gasteiger partial charge < -0.3 is 4.74 Å². The van der Waals surface area contributed by atoms with E-state index in [2.05, 4.69) is 4.74 Å². The fraction of sp³-hybridized carbons (Fsp3) is 0.400. The van der Waals surface area contributed by atoms with Crippen molar-refractivity contribution in [2.24, 2.45) is 0 Å². The SMILES string of the molecule is O=[N+]([O-])c1ccc(CCCCl)cc1OC(F)(F)F. The lowest BCUT2D eigenvalue weighted by atomic mass is 10.1. The summed E-state index contributed by atoms with van der Waals surface area (Å²) in [6.07, 6.45) is -3.98. The number of halogens is 4. The van der Waals surface area contributed by atoms with Crippen LogP contribution in [0.15, 0.2) is 18.2 Å². The minimum absolute atomic E-state index is 0.354. The van der Waals surface area contributed by atoms with Crippen LogP contribution >= 0.6 is 11.6 Å². The van der Waals surface area contributed by atoms with E-state index in [4.69, 9.17) is 11.6 Å². The largest absolute Gasteiger partial charge is 0.573 e. The van der Waals surface area contributed by atoms with Crippen molar-refractivity contribution < 1.29 is 22.8 Å². The molecule has 0 aliphatic rings. The van der Waals surface area contributed by atoms with Crippen molar-refractivity contribution in [3.63, 3.8) is 0 Å². The summed E-state index contributed by atoms with van der Waals surface area (Å²) in [4.78, 5) is 9.65. The first-order chi connectivity index (χ1) is 8.33. The Balaban J connectivity index is 3.03. The number of hydrogen-bond acceptors (Lipinski definition) is 3. The summed E-state index contributed by atoms with van der Waals surface area (Å²) in [5.41, 5.74) is -0.220. The van der Waals surface area contributed by atoms with Gasteiger partial charge >= 0.3 is 12.0 Å². The summed E-state index contributed by atoms with van der Waals surface area (Å²) in [7, 11) is 0. The van der Waals surface area contributed by atoms with Gasteiger partial charge in [0, 0.05) is 11.9 Å². The van der Waals surface area contributed by atoms with Crippen molar-refractivity contribution in [3.05, 3.63) is 33.9 Å². The Morgan fingerprint density at radius 3 is 2.56 bits per heavy atom. The first-order valence-electron chi connectivity index (χ1n) is 4.92. The molecule has 0 radical (unpaired) electrons. The van der Waals surface area contributed by atoms with E-state index in [0.717, 1.165) is 12.1 Å². The van der Waals surface area contributed by atoms with Crippen LogP contribution in [0.1, 0.15) is 12.0 Å². The molecule has 0 N–H and O–H groups in total. The predicted octanol–water partition coefficient (Wildman–Crippen LogP) is 3.66. The third-order valence-corrected chi connectivity index (χ3v) is 2.31. The number of rotatable bonds is 5. The Bertz CT molecular complexity index is 437. The number of benzene rings is 1. The highest BCUT2D eigenvalue weighted by Gasteiger charge is 2.34. The van der Waals surface area contributed by atoms with Crippen molar-refractivity contribution in [1.82, 2.24) is 0 Å². The zero-order chi connectivity index (χ0) is 13.8. The molecule has 0 spiro atoms. The Morgan fingerprint density at radius 1 is 1.39 bits per heavy atom. The van der Waals surface area contributed by atoms with E-state index in [0.29, 0.717) is 24.3 Å². The van der Waals surface area contributed by atoms with Crippen LogP contribution in [0.4, 0.5) is 18.9 Å². The maximum absolute atomic E-state index is 12.1. The molecule has 0 amide bonds. The molecule has 1 aromatic carbocycles. The number of nitro benzene ring substituents is 1. The van der Waals surface area contributed by atoms with Crippen LogP contribution in [0, 0.1) is 10.1 Å². The van der Waals surface area contributed by atoms with Gasteiger partial charge in [-0.1, -0.05) is 6.07 Å². The zero-order valence-electron chi connectivity index (χ0n) is 9.04.